The minimum Gasteiger partial charge on any atom is -0.348 e. The lowest BCUT2D eigenvalue weighted by Crippen LogP contribution is -2.29. The van der Waals surface area contributed by atoms with Gasteiger partial charge in [0.05, 0.1) is 10.6 Å². The number of rotatable bonds is 6. The highest BCUT2D eigenvalue weighted by molar-refractivity contribution is 7.90. The van der Waals surface area contributed by atoms with Crippen molar-refractivity contribution in [2.75, 3.05) is 19.6 Å². The molecule has 2 N–H and O–H groups in total. The third-order valence-electron chi connectivity index (χ3n) is 4.28. The van der Waals surface area contributed by atoms with E-state index in [-0.39, 0.29) is 29.0 Å². The summed E-state index contributed by atoms with van der Waals surface area (Å²) in [7, 11) is -3.43. The molecule has 0 bridgehead atoms. The molecule has 3 rings (SSSR count). The molecule has 0 unspecified atom stereocenters. The van der Waals surface area contributed by atoms with Crippen LogP contribution in [-0.2, 0) is 15.6 Å². The van der Waals surface area contributed by atoms with E-state index in [4.69, 9.17) is 0 Å². The number of amides is 1. The fourth-order valence-electron chi connectivity index (χ4n) is 2.86. The molecule has 0 aliphatic carbocycles. The Morgan fingerprint density at radius 1 is 1.07 bits per heavy atom. The van der Waals surface area contributed by atoms with Crippen molar-refractivity contribution in [2.45, 2.75) is 17.1 Å². The van der Waals surface area contributed by atoms with Gasteiger partial charge in [-0.3, -0.25) is 4.79 Å². The third kappa shape index (κ3) is 5.92. The van der Waals surface area contributed by atoms with Crippen LogP contribution in [0, 0.1) is 0 Å². The monoisotopic (exact) mass is 406 g/mol. The maximum Gasteiger partial charge on any atom is 0.251 e. The summed E-state index contributed by atoms with van der Waals surface area (Å²) < 4.78 is 25.0. The van der Waals surface area contributed by atoms with E-state index < -0.39 is 9.84 Å². The summed E-state index contributed by atoms with van der Waals surface area (Å²) in [5.74, 6) is -0.321. The van der Waals surface area contributed by atoms with Gasteiger partial charge in [-0.1, -0.05) is 42.0 Å². The van der Waals surface area contributed by atoms with E-state index in [1.54, 1.807) is 54.6 Å². The number of hydrogen-bond donors (Lipinski definition) is 2. The zero-order valence-corrected chi connectivity index (χ0v) is 16.5. The second-order valence-corrected chi connectivity index (χ2v) is 8.26. The summed E-state index contributed by atoms with van der Waals surface area (Å²) in [5.41, 5.74) is 2.28. The molecule has 1 aliphatic rings. The van der Waals surface area contributed by atoms with Gasteiger partial charge in [-0.15, -0.1) is 12.4 Å². The van der Waals surface area contributed by atoms with Crippen LogP contribution >= 0.6 is 12.4 Å². The van der Waals surface area contributed by atoms with Crippen molar-refractivity contribution in [3.63, 3.8) is 0 Å². The normalized spacial score (nSPS) is 14.0. The van der Waals surface area contributed by atoms with E-state index in [1.165, 1.54) is 5.57 Å². The Morgan fingerprint density at radius 3 is 2.56 bits per heavy atom. The molecule has 0 saturated carbocycles. The zero-order chi connectivity index (χ0) is 18.4. The molecule has 0 spiro atoms. The summed E-state index contributed by atoms with van der Waals surface area (Å²) in [5, 5.41) is 6.14. The largest absolute Gasteiger partial charge is 0.348 e. The number of benzene rings is 2. The number of hydrogen-bond acceptors (Lipinski definition) is 4. The van der Waals surface area contributed by atoms with Crippen molar-refractivity contribution in [1.82, 2.24) is 10.6 Å². The van der Waals surface area contributed by atoms with Crippen LogP contribution in [-0.4, -0.2) is 34.0 Å². The van der Waals surface area contributed by atoms with E-state index in [0.29, 0.717) is 17.7 Å². The molecule has 5 nitrogen and oxygen atoms in total. The van der Waals surface area contributed by atoms with Gasteiger partial charge in [0, 0.05) is 18.7 Å². The van der Waals surface area contributed by atoms with Crippen LogP contribution in [0.5, 0.6) is 0 Å². The Kier molecular flexibility index (Phi) is 7.59. The third-order valence-corrected chi connectivity index (χ3v) is 5.99. The van der Waals surface area contributed by atoms with Gasteiger partial charge in [0.25, 0.3) is 5.91 Å². The first-order valence-corrected chi connectivity index (χ1v) is 10.2. The van der Waals surface area contributed by atoms with Gasteiger partial charge in [-0.2, -0.15) is 0 Å². The molecule has 1 heterocycles. The van der Waals surface area contributed by atoms with Crippen LogP contribution in [0.4, 0.5) is 0 Å². The summed E-state index contributed by atoms with van der Waals surface area (Å²) in [4.78, 5) is 12.7. The Bertz CT molecular complexity index is 912. The van der Waals surface area contributed by atoms with Crippen LogP contribution in [0.15, 0.2) is 71.1 Å². The number of halogens is 1. The molecule has 144 valence electrons. The number of nitrogens with one attached hydrogen (secondary N) is 2. The molecule has 2 aromatic rings. The topological polar surface area (TPSA) is 75.3 Å². The Labute approximate surface area is 166 Å². The van der Waals surface area contributed by atoms with Crippen molar-refractivity contribution >= 4 is 28.2 Å². The molecule has 0 fully saturated rings. The zero-order valence-electron chi connectivity index (χ0n) is 14.9. The summed E-state index contributed by atoms with van der Waals surface area (Å²) >= 11 is 0. The Hall–Kier alpha value is -2.15. The highest BCUT2D eigenvalue weighted by atomic mass is 35.5. The molecule has 7 heteroatoms. The maximum absolute atomic E-state index is 12.5. The van der Waals surface area contributed by atoms with Gasteiger partial charge >= 0.3 is 0 Å². The minimum absolute atomic E-state index is 0. The lowest BCUT2D eigenvalue weighted by atomic mass is 10.1. The number of sulfone groups is 1. The summed E-state index contributed by atoms with van der Waals surface area (Å²) in [6.07, 6.45) is 3.02. The van der Waals surface area contributed by atoms with Crippen LogP contribution < -0.4 is 10.6 Å². The first kappa shape index (κ1) is 21.2. The second-order valence-electron chi connectivity index (χ2n) is 6.27. The molecule has 2 aromatic carbocycles. The molecule has 0 aromatic heterocycles. The number of carbonyl (C=O) groups excluding carboxylic acids is 1. The van der Waals surface area contributed by atoms with Crippen molar-refractivity contribution in [2.24, 2.45) is 0 Å². The molecule has 27 heavy (non-hydrogen) atoms. The van der Waals surface area contributed by atoms with Gasteiger partial charge < -0.3 is 10.6 Å². The van der Waals surface area contributed by atoms with Gasteiger partial charge in [0.1, 0.15) is 0 Å². The predicted molar refractivity (Wildman–Crippen MR) is 109 cm³/mol. The average Bonchev–Trinajstić information content (AvgIpc) is 2.67. The average molecular weight is 407 g/mol. The van der Waals surface area contributed by atoms with Crippen molar-refractivity contribution < 1.29 is 13.2 Å². The molecule has 0 saturated heterocycles. The lowest BCUT2D eigenvalue weighted by molar-refractivity contribution is 0.0956. The van der Waals surface area contributed by atoms with E-state index >= 15 is 0 Å². The SMILES string of the molecule is Cl.O=C(NCC1=CCNCC1)c1cccc(CS(=O)(=O)c2ccccc2)c1. The minimum atomic E-state index is -3.43. The maximum atomic E-state index is 12.5. The van der Waals surface area contributed by atoms with Gasteiger partial charge in [0.2, 0.25) is 0 Å². The highest BCUT2D eigenvalue weighted by Crippen LogP contribution is 2.17. The van der Waals surface area contributed by atoms with Crippen molar-refractivity contribution in [3.8, 4) is 0 Å². The van der Waals surface area contributed by atoms with E-state index in [2.05, 4.69) is 16.7 Å². The van der Waals surface area contributed by atoms with E-state index in [0.717, 1.165) is 19.5 Å². The van der Waals surface area contributed by atoms with Crippen LogP contribution in [0.25, 0.3) is 0 Å². The van der Waals surface area contributed by atoms with Crippen LogP contribution in [0.2, 0.25) is 0 Å². The molecule has 0 radical (unpaired) electrons. The molecule has 1 amide bonds. The van der Waals surface area contributed by atoms with Crippen molar-refractivity contribution in [3.05, 3.63) is 77.4 Å². The Morgan fingerprint density at radius 2 is 1.85 bits per heavy atom. The summed E-state index contributed by atoms with van der Waals surface area (Å²) in [6, 6.07) is 15.1. The lowest BCUT2D eigenvalue weighted by Gasteiger charge is -2.14. The van der Waals surface area contributed by atoms with Gasteiger partial charge in [0.15, 0.2) is 9.84 Å². The smallest absolute Gasteiger partial charge is 0.251 e. The predicted octanol–water partition coefficient (Wildman–Crippen LogP) is 2.73. The van der Waals surface area contributed by atoms with E-state index in [1.807, 2.05) is 0 Å². The van der Waals surface area contributed by atoms with Gasteiger partial charge in [-0.05, 0) is 42.8 Å². The molecule has 1 aliphatic heterocycles. The number of carbonyl (C=O) groups is 1. The fraction of sp³-hybridized carbons (Fsp3) is 0.250. The molecular formula is C20H23ClN2O3S. The molecule has 0 atom stereocenters. The first-order chi connectivity index (χ1) is 12.5. The van der Waals surface area contributed by atoms with Crippen LogP contribution in [0.1, 0.15) is 22.3 Å². The highest BCUT2D eigenvalue weighted by Gasteiger charge is 2.16. The first-order valence-electron chi connectivity index (χ1n) is 8.58. The summed E-state index contributed by atoms with van der Waals surface area (Å²) in [6.45, 7) is 2.28. The standard InChI is InChI=1S/C20H22N2O3S.ClH/c23-20(22-14-16-9-11-21-12-10-16)18-6-4-5-17(13-18)15-26(24,25)19-7-2-1-3-8-19;/h1-9,13,21H,10-12,14-15H2,(H,22,23);1H. The van der Waals surface area contributed by atoms with Crippen molar-refractivity contribution in [1.29, 1.82) is 0 Å². The van der Waals surface area contributed by atoms with Gasteiger partial charge in [-0.25, -0.2) is 8.42 Å². The fourth-order valence-corrected chi connectivity index (χ4v) is 4.22. The second kappa shape index (κ2) is 9.69. The Balaban J connectivity index is 0.00000261. The van der Waals surface area contributed by atoms with E-state index in [9.17, 15) is 13.2 Å². The quantitative estimate of drug-likeness (QED) is 0.723. The molecular weight excluding hydrogens is 384 g/mol. The van der Waals surface area contributed by atoms with Crippen LogP contribution in [0.3, 0.4) is 0 Å².